The van der Waals surface area contributed by atoms with Crippen LogP contribution in [-0.4, -0.2) is 43.9 Å². The summed E-state index contributed by atoms with van der Waals surface area (Å²) in [5, 5.41) is 2.33. The number of rotatable bonds is 7. The van der Waals surface area contributed by atoms with Gasteiger partial charge in [-0.3, -0.25) is 4.79 Å². The molecule has 0 aliphatic heterocycles. The molecule has 0 fully saturated rings. The Morgan fingerprint density at radius 1 is 1.26 bits per heavy atom. The molecule has 1 atom stereocenters. The largest absolute Gasteiger partial charge is 0.467 e. The lowest BCUT2D eigenvalue weighted by Crippen LogP contribution is -2.53. The highest BCUT2D eigenvalue weighted by atomic mass is 19.4. The van der Waals surface area contributed by atoms with Crippen molar-refractivity contribution < 1.29 is 32.2 Å². The van der Waals surface area contributed by atoms with Crippen LogP contribution in [0, 0.1) is 0 Å². The van der Waals surface area contributed by atoms with E-state index >= 15 is 0 Å². The minimum absolute atomic E-state index is 0.310. The Morgan fingerprint density at radius 2 is 1.84 bits per heavy atom. The monoisotopic (exact) mass is 285 g/mol. The van der Waals surface area contributed by atoms with Crippen LogP contribution >= 0.6 is 0 Å². The molecule has 0 aromatic rings. The summed E-state index contributed by atoms with van der Waals surface area (Å²) in [6.45, 7) is 0.969. The van der Waals surface area contributed by atoms with E-state index in [4.69, 9.17) is 0 Å². The van der Waals surface area contributed by atoms with Crippen molar-refractivity contribution in [1.82, 2.24) is 5.32 Å². The van der Waals surface area contributed by atoms with Gasteiger partial charge in [-0.2, -0.15) is 13.2 Å². The molecule has 0 radical (unpaired) electrons. The van der Waals surface area contributed by atoms with Gasteiger partial charge in [-0.05, 0) is 13.3 Å². The maximum atomic E-state index is 11.8. The number of amides is 1. The first kappa shape index (κ1) is 17.7. The predicted octanol–water partition coefficient (Wildman–Crippen LogP) is 1.41. The molecule has 0 aliphatic carbocycles. The molecular weight excluding hydrogens is 267 g/mol. The number of esters is 1. The zero-order chi connectivity index (χ0) is 15.1. The first-order valence-electron chi connectivity index (χ1n) is 5.68. The third-order valence-electron chi connectivity index (χ3n) is 2.30. The third-order valence-corrected chi connectivity index (χ3v) is 2.30. The van der Waals surface area contributed by atoms with Gasteiger partial charge in [-0.1, -0.05) is 13.3 Å². The topological polar surface area (TPSA) is 64.6 Å². The maximum absolute atomic E-state index is 11.8. The number of carbonyl (C=O) groups is 2. The quantitative estimate of drug-likeness (QED) is 0.718. The van der Waals surface area contributed by atoms with Gasteiger partial charge in [0.05, 0.1) is 7.11 Å². The SMILES string of the molecule is CCCC(C)(NC(=O)COCC(F)(F)F)C(=O)OC. The van der Waals surface area contributed by atoms with Gasteiger partial charge >= 0.3 is 12.1 Å². The van der Waals surface area contributed by atoms with Gasteiger partial charge in [0.1, 0.15) is 18.8 Å². The molecule has 0 rings (SSSR count). The summed E-state index contributed by atoms with van der Waals surface area (Å²) in [6, 6.07) is 0. The molecule has 1 N–H and O–H groups in total. The Hall–Kier alpha value is -1.31. The van der Waals surface area contributed by atoms with Crippen molar-refractivity contribution in [2.24, 2.45) is 0 Å². The summed E-state index contributed by atoms with van der Waals surface area (Å²) in [7, 11) is 1.17. The number of ether oxygens (including phenoxy) is 2. The van der Waals surface area contributed by atoms with Crippen molar-refractivity contribution in [1.29, 1.82) is 0 Å². The van der Waals surface area contributed by atoms with Crippen LogP contribution in [-0.2, 0) is 19.1 Å². The molecular formula is C11H18F3NO4. The number of halogens is 3. The normalized spacial score (nSPS) is 14.6. The summed E-state index contributed by atoms with van der Waals surface area (Å²) in [4.78, 5) is 23.0. The van der Waals surface area contributed by atoms with Gasteiger partial charge in [-0.25, -0.2) is 4.79 Å². The lowest BCUT2D eigenvalue weighted by atomic mass is 9.96. The molecule has 0 aromatic carbocycles. The number of alkyl halides is 3. The second kappa shape index (κ2) is 7.32. The molecule has 0 heterocycles. The van der Waals surface area contributed by atoms with Crippen molar-refractivity contribution in [2.75, 3.05) is 20.3 Å². The summed E-state index contributed by atoms with van der Waals surface area (Å²) >= 11 is 0. The van der Waals surface area contributed by atoms with E-state index < -0.39 is 36.8 Å². The van der Waals surface area contributed by atoms with Crippen LogP contribution in [0.3, 0.4) is 0 Å². The minimum atomic E-state index is -4.49. The number of carbonyl (C=O) groups excluding carboxylic acids is 2. The van der Waals surface area contributed by atoms with Gasteiger partial charge in [0.15, 0.2) is 0 Å². The van der Waals surface area contributed by atoms with E-state index in [0.717, 1.165) is 0 Å². The van der Waals surface area contributed by atoms with Crippen LogP contribution in [0.15, 0.2) is 0 Å². The number of hydrogen-bond acceptors (Lipinski definition) is 4. The Balaban J connectivity index is 4.37. The van der Waals surface area contributed by atoms with Crippen molar-refractivity contribution in [2.45, 2.75) is 38.4 Å². The van der Waals surface area contributed by atoms with E-state index in [9.17, 15) is 22.8 Å². The molecule has 19 heavy (non-hydrogen) atoms. The predicted molar refractivity (Wildman–Crippen MR) is 60.3 cm³/mol. The molecule has 0 saturated heterocycles. The van der Waals surface area contributed by atoms with Crippen LogP contribution < -0.4 is 5.32 Å². The highest BCUT2D eigenvalue weighted by Gasteiger charge is 2.35. The number of nitrogens with one attached hydrogen (secondary N) is 1. The average Bonchev–Trinajstić information content (AvgIpc) is 2.26. The van der Waals surface area contributed by atoms with Crippen LogP contribution in [0.25, 0.3) is 0 Å². The Morgan fingerprint density at radius 3 is 2.26 bits per heavy atom. The van der Waals surface area contributed by atoms with E-state index in [1.807, 2.05) is 0 Å². The van der Waals surface area contributed by atoms with Gasteiger partial charge in [0.25, 0.3) is 0 Å². The highest BCUT2D eigenvalue weighted by molar-refractivity contribution is 5.88. The van der Waals surface area contributed by atoms with Crippen LogP contribution in [0.5, 0.6) is 0 Å². The Bertz CT molecular complexity index is 320. The van der Waals surface area contributed by atoms with Gasteiger partial charge in [0, 0.05) is 0 Å². The van der Waals surface area contributed by atoms with Gasteiger partial charge in [0.2, 0.25) is 5.91 Å². The van der Waals surface area contributed by atoms with E-state index in [2.05, 4.69) is 14.8 Å². The first-order valence-corrected chi connectivity index (χ1v) is 5.68. The first-order chi connectivity index (χ1) is 8.64. The second-order valence-corrected chi connectivity index (χ2v) is 4.23. The molecule has 1 unspecified atom stereocenters. The lowest BCUT2D eigenvalue weighted by Gasteiger charge is -2.27. The fourth-order valence-electron chi connectivity index (χ4n) is 1.54. The molecule has 1 amide bonds. The van der Waals surface area contributed by atoms with Crippen LogP contribution in [0.2, 0.25) is 0 Å². The number of methoxy groups -OCH3 is 1. The van der Waals surface area contributed by atoms with Crippen molar-refractivity contribution in [3.05, 3.63) is 0 Å². The molecule has 0 saturated carbocycles. The van der Waals surface area contributed by atoms with Crippen molar-refractivity contribution in [3.63, 3.8) is 0 Å². The minimum Gasteiger partial charge on any atom is -0.467 e. The third kappa shape index (κ3) is 7.00. The molecule has 0 aromatic heterocycles. The molecule has 5 nitrogen and oxygen atoms in total. The van der Waals surface area contributed by atoms with Crippen molar-refractivity contribution in [3.8, 4) is 0 Å². The number of hydrogen-bond donors (Lipinski definition) is 1. The van der Waals surface area contributed by atoms with Gasteiger partial charge in [-0.15, -0.1) is 0 Å². The smallest absolute Gasteiger partial charge is 0.411 e. The highest BCUT2D eigenvalue weighted by Crippen LogP contribution is 2.15. The molecule has 0 bridgehead atoms. The van der Waals surface area contributed by atoms with E-state index in [1.165, 1.54) is 14.0 Å². The molecule has 0 aliphatic rings. The average molecular weight is 285 g/mol. The maximum Gasteiger partial charge on any atom is 0.411 e. The second-order valence-electron chi connectivity index (χ2n) is 4.23. The van der Waals surface area contributed by atoms with Crippen LogP contribution in [0.4, 0.5) is 13.2 Å². The van der Waals surface area contributed by atoms with E-state index in [-0.39, 0.29) is 0 Å². The summed E-state index contributed by atoms with van der Waals surface area (Å²) in [6.07, 6.45) is -3.59. The van der Waals surface area contributed by atoms with E-state index in [1.54, 1.807) is 6.92 Å². The zero-order valence-corrected chi connectivity index (χ0v) is 11.1. The molecule has 112 valence electrons. The summed E-state index contributed by atoms with van der Waals surface area (Å²) < 4.78 is 44.2. The molecule has 0 spiro atoms. The van der Waals surface area contributed by atoms with Gasteiger partial charge < -0.3 is 14.8 Å². The Kier molecular flexibility index (Phi) is 6.82. The summed E-state index contributed by atoms with van der Waals surface area (Å²) in [5.74, 6) is -1.45. The zero-order valence-electron chi connectivity index (χ0n) is 11.1. The lowest BCUT2D eigenvalue weighted by molar-refractivity contribution is -0.176. The fourth-order valence-corrected chi connectivity index (χ4v) is 1.54. The van der Waals surface area contributed by atoms with E-state index in [0.29, 0.717) is 12.8 Å². The van der Waals surface area contributed by atoms with Crippen molar-refractivity contribution >= 4 is 11.9 Å². The molecule has 8 heteroatoms. The fraction of sp³-hybridized carbons (Fsp3) is 0.818. The standard InChI is InChI=1S/C11H18F3NO4/c1-4-5-10(2,9(17)18-3)15-8(16)6-19-7-11(12,13)14/h4-7H2,1-3H3,(H,15,16). The Labute approximate surface area is 109 Å². The van der Waals surface area contributed by atoms with Crippen LogP contribution in [0.1, 0.15) is 26.7 Å². The summed E-state index contributed by atoms with van der Waals surface area (Å²) in [5.41, 5.74) is -1.26.